The Balaban J connectivity index is 1.90. The fourth-order valence-corrected chi connectivity index (χ4v) is 1.71. The summed E-state index contributed by atoms with van der Waals surface area (Å²) in [6.07, 6.45) is 1.25. The number of hydrogen-bond donors (Lipinski definition) is 2. The highest BCUT2D eigenvalue weighted by molar-refractivity contribution is 5.80. The van der Waals surface area contributed by atoms with Crippen molar-refractivity contribution in [2.75, 3.05) is 0 Å². The molecule has 1 heterocycles. The number of aryl methyl sites for hydroxylation is 1. The molecule has 21 heavy (non-hydrogen) atoms. The molecular formula is C15H16N2O4. The fraction of sp³-hybridized carbons (Fsp3) is 0.267. The van der Waals surface area contributed by atoms with Crippen LogP contribution in [0.25, 0.3) is 11.5 Å². The number of nitrogens with zero attached hydrogens (tertiary/aromatic N) is 1. The number of nitrogens with one attached hydrogen (secondary N) is 1. The summed E-state index contributed by atoms with van der Waals surface area (Å²) in [5.41, 5.74) is 2.61. The van der Waals surface area contributed by atoms with Gasteiger partial charge in [0.2, 0.25) is 11.8 Å². The van der Waals surface area contributed by atoms with Gasteiger partial charge in [-0.3, -0.25) is 9.59 Å². The molecular weight excluding hydrogens is 272 g/mol. The number of carbonyl (C=O) groups excluding carboxylic acids is 1. The van der Waals surface area contributed by atoms with Gasteiger partial charge in [0, 0.05) is 12.0 Å². The van der Waals surface area contributed by atoms with E-state index in [-0.39, 0.29) is 25.3 Å². The Morgan fingerprint density at radius 3 is 2.62 bits per heavy atom. The van der Waals surface area contributed by atoms with Crippen LogP contribution in [0.3, 0.4) is 0 Å². The van der Waals surface area contributed by atoms with Crippen LogP contribution in [0.15, 0.2) is 34.9 Å². The number of benzene rings is 1. The van der Waals surface area contributed by atoms with Crippen molar-refractivity contribution in [3.63, 3.8) is 0 Å². The summed E-state index contributed by atoms with van der Waals surface area (Å²) in [4.78, 5) is 26.0. The second kappa shape index (κ2) is 6.69. The largest absolute Gasteiger partial charge is 0.481 e. The van der Waals surface area contributed by atoms with E-state index in [0.29, 0.717) is 11.6 Å². The summed E-state index contributed by atoms with van der Waals surface area (Å²) in [5.74, 6) is -0.824. The van der Waals surface area contributed by atoms with Crippen LogP contribution in [0.2, 0.25) is 0 Å². The molecule has 1 aromatic heterocycles. The van der Waals surface area contributed by atoms with Gasteiger partial charge >= 0.3 is 5.97 Å². The Hall–Kier alpha value is -2.63. The molecule has 6 heteroatoms. The predicted molar refractivity (Wildman–Crippen MR) is 75.4 cm³/mol. The van der Waals surface area contributed by atoms with E-state index in [1.165, 1.54) is 6.26 Å². The molecule has 0 saturated heterocycles. The lowest BCUT2D eigenvalue weighted by Crippen LogP contribution is -2.23. The smallest absolute Gasteiger partial charge is 0.303 e. The molecule has 2 N–H and O–H groups in total. The Bertz CT molecular complexity index is 631. The van der Waals surface area contributed by atoms with Crippen LogP contribution in [0.1, 0.15) is 24.1 Å². The average molecular weight is 288 g/mol. The number of oxazole rings is 1. The first-order chi connectivity index (χ1) is 10.0. The summed E-state index contributed by atoms with van der Waals surface area (Å²) >= 11 is 0. The second-order valence-corrected chi connectivity index (χ2v) is 4.68. The summed E-state index contributed by atoms with van der Waals surface area (Å²) < 4.78 is 5.36. The van der Waals surface area contributed by atoms with E-state index >= 15 is 0 Å². The Morgan fingerprint density at radius 2 is 1.95 bits per heavy atom. The minimum Gasteiger partial charge on any atom is -0.481 e. The Labute approximate surface area is 121 Å². The van der Waals surface area contributed by atoms with E-state index in [1.54, 1.807) is 0 Å². The number of carboxylic acids is 1. The number of aromatic nitrogens is 1. The zero-order chi connectivity index (χ0) is 15.2. The molecule has 110 valence electrons. The third-order valence-electron chi connectivity index (χ3n) is 2.88. The van der Waals surface area contributed by atoms with Gasteiger partial charge in [0.15, 0.2) is 0 Å². The van der Waals surface area contributed by atoms with Gasteiger partial charge in [-0.05, 0) is 19.1 Å². The molecule has 2 aromatic rings. The van der Waals surface area contributed by atoms with Crippen molar-refractivity contribution in [2.45, 2.75) is 26.3 Å². The predicted octanol–water partition coefficient (Wildman–Crippen LogP) is 2.13. The number of hydrogen-bond acceptors (Lipinski definition) is 4. The maximum Gasteiger partial charge on any atom is 0.303 e. The second-order valence-electron chi connectivity index (χ2n) is 4.68. The van der Waals surface area contributed by atoms with Crippen molar-refractivity contribution in [2.24, 2.45) is 0 Å². The summed E-state index contributed by atoms with van der Waals surface area (Å²) in [6.45, 7) is 2.21. The van der Waals surface area contributed by atoms with Gasteiger partial charge in [0.05, 0.1) is 18.7 Å². The molecule has 0 aliphatic heterocycles. The monoisotopic (exact) mass is 288 g/mol. The highest BCUT2D eigenvalue weighted by Gasteiger charge is 2.09. The lowest BCUT2D eigenvalue weighted by molar-refractivity contribution is -0.138. The van der Waals surface area contributed by atoms with E-state index in [1.807, 2.05) is 31.2 Å². The van der Waals surface area contributed by atoms with Gasteiger partial charge in [-0.15, -0.1) is 0 Å². The van der Waals surface area contributed by atoms with E-state index < -0.39 is 5.97 Å². The fourth-order valence-electron chi connectivity index (χ4n) is 1.71. The van der Waals surface area contributed by atoms with Crippen molar-refractivity contribution in [3.05, 3.63) is 41.8 Å². The normalized spacial score (nSPS) is 10.3. The SMILES string of the molecule is Cc1ccc(-c2nc(CNC(=O)CCC(=O)O)co2)cc1. The first-order valence-corrected chi connectivity index (χ1v) is 6.54. The van der Waals surface area contributed by atoms with Crippen molar-refractivity contribution in [1.29, 1.82) is 0 Å². The van der Waals surface area contributed by atoms with Gasteiger partial charge in [0.1, 0.15) is 6.26 Å². The van der Waals surface area contributed by atoms with Crippen molar-refractivity contribution >= 4 is 11.9 Å². The van der Waals surface area contributed by atoms with Crippen LogP contribution < -0.4 is 5.32 Å². The molecule has 0 fully saturated rings. The standard InChI is InChI=1S/C15H16N2O4/c1-10-2-4-11(5-3-10)15-17-12(9-21-15)8-16-13(18)6-7-14(19)20/h2-5,9H,6-8H2,1H3,(H,16,18)(H,19,20). The van der Waals surface area contributed by atoms with Gasteiger partial charge in [-0.1, -0.05) is 17.7 Å². The lowest BCUT2D eigenvalue weighted by Gasteiger charge is -2.00. The number of carboxylic acid groups (broad SMARTS) is 1. The van der Waals surface area contributed by atoms with Crippen molar-refractivity contribution < 1.29 is 19.1 Å². The summed E-state index contributed by atoms with van der Waals surface area (Å²) in [6, 6.07) is 7.76. The molecule has 1 aromatic carbocycles. The highest BCUT2D eigenvalue weighted by Crippen LogP contribution is 2.18. The molecule has 1 amide bonds. The molecule has 0 radical (unpaired) electrons. The minimum absolute atomic E-state index is 0.0436. The molecule has 2 rings (SSSR count). The molecule has 0 bridgehead atoms. The molecule has 0 atom stereocenters. The molecule has 0 saturated carbocycles. The zero-order valence-electron chi connectivity index (χ0n) is 11.6. The topological polar surface area (TPSA) is 92.4 Å². The van der Waals surface area contributed by atoms with Crippen molar-refractivity contribution in [1.82, 2.24) is 10.3 Å². The van der Waals surface area contributed by atoms with Crippen LogP contribution in [0.4, 0.5) is 0 Å². The van der Waals surface area contributed by atoms with Crippen LogP contribution in [0, 0.1) is 6.92 Å². The zero-order valence-corrected chi connectivity index (χ0v) is 11.6. The molecule has 0 spiro atoms. The van der Waals surface area contributed by atoms with Crippen LogP contribution in [-0.2, 0) is 16.1 Å². The maximum atomic E-state index is 11.4. The number of carbonyl (C=O) groups is 2. The molecule has 0 aliphatic rings. The average Bonchev–Trinajstić information content (AvgIpc) is 2.92. The first kappa shape index (κ1) is 14.8. The summed E-state index contributed by atoms with van der Waals surface area (Å²) in [7, 11) is 0. The maximum absolute atomic E-state index is 11.4. The molecule has 0 aliphatic carbocycles. The molecule has 6 nitrogen and oxygen atoms in total. The van der Waals surface area contributed by atoms with E-state index in [4.69, 9.17) is 9.52 Å². The van der Waals surface area contributed by atoms with Crippen LogP contribution >= 0.6 is 0 Å². The van der Waals surface area contributed by atoms with Crippen molar-refractivity contribution in [3.8, 4) is 11.5 Å². The van der Waals surface area contributed by atoms with E-state index in [9.17, 15) is 9.59 Å². The molecule has 0 unspecified atom stereocenters. The van der Waals surface area contributed by atoms with Gasteiger partial charge in [-0.25, -0.2) is 4.98 Å². The summed E-state index contributed by atoms with van der Waals surface area (Å²) in [5, 5.41) is 11.1. The van der Waals surface area contributed by atoms with Crippen LogP contribution in [0.5, 0.6) is 0 Å². The lowest BCUT2D eigenvalue weighted by atomic mass is 10.1. The van der Waals surface area contributed by atoms with Crippen LogP contribution in [-0.4, -0.2) is 22.0 Å². The number of rotatable bonds is 6. The van der Waals surface area contributed by atoms with Gasteiger partial charge in [0.25, 0.3) is 0 Å². The van der Waals surface area contributed by atoms with E-state index in [0.717, 1.165) is 11.1 Å². The Kier molecular flexibility index (Phi) is 4.71. The number of amides is 1. The third-order valence-corrected chi connectivity index (χ3v) is 2.88. The Morgan fingerprint density at radius 1 is 1.24 bits per heavy atom. The van der Waals surface area contributed by atoms with E-state index in [2.05, 4.69) is 10.3 Å². The highest BCUT2D eigenvalue weighted by atomic mass is 16.4. The quantitative estimate of drug-likeness (QED) is 0.849. The number of aliphatic carboxylic acids is 1. The van der Waals surface area contributed by atoms with Gasteiger partial charge in [-0.2, -0.15) is 0 Å². The first-order valence-electron chi connectivity index (χ1n) is 6.54. The minimum atomic E-state index is -0.992. The third kappa shape index (κ3) is 4.45. The van der Waals surface area contributed by atoms with Gasteiger partial charge < -0.3 is 14.8 Å².